The summed E-state index contributed by atoms with van der Waals surface area (Å²) in [5, 5.41) is 11.9. The minimum Gasteiger partial charge on any atom is -0.480 e. The van der Waals surface area contributed by atoms with Gasteiger partial charge in [-0.1, -0.05) is 6.07 Å². The molecule has 1 aromatic carbocycles. The molecule has 1 radical (unpaired) electrons. The van der Waals surface area contributed by atoms with Crippen LogP contribution in [0.5, 0.6) is 0 Å². The molecule has 22 heavy (non-hydrogen) atoms. The minimum absolute atomic E-state index is 0.0264. The van der Waals surface area contributed by atoms with Crippen molar-refractivity contribution in [3.8, 4) is 0 Å². The molecular formula is C14H17N2O5S. The highest BCUT2D eigenvalue weighted by molar-refractivity contribution is 7.89. The first-order valence-electron chi connectivity index (χ1n) is 6.72. The lowest BCUT2D eigenvalue weighted by atomic mass is 10.2. The molecular weight excluding hydrogens is 308 g/mol. The van der Waals surface area contributed by atoms with Gasteiger partial charge in [-0.3, -0.25) is 9.59 Å². The maximum atomic E-state index is 12.7. The van der Waals surface area contributed by atoms with Crippen LogP contribution in [-0.4, -0.2) is 48.3 Å². The van der Waals surface area contributed by atoms with Crippen molar-refractivity contribution < 1.29 is 23.1 Å². The third kappa shape index (κ3) is 3.28. The van der Waals surface area contributed by atoms with E-state index in [2.05, 4.69) is 11.4 Å². The number of hydrogen-bond acceptors (Lipinski definition) is 4. The first-order chi connectivity index (χ1) is 10.2. The Kier molecular flexibility index (Phi) is 4.52. The zero-order chi connectivity index (χ0) is 16.5. The summed E-state index contributed by atoms with van der Waals surface area (Å²) in [4.78, 5) is 22.5. The molecule has 1 saturated heterocycles. The van der Waals surface area contributed by atoms with E-state index in [9.17, 15) is 23.1 Å². The summed E-state index contributed by atoms with van der Waals surface area (Å²) in [6, 6.07) is 5.46. The standard InChI is InChI=1S/C14H17N2O5S/c1-9-4-3-5-12(6-9)22(20,21)16-8-11(15-10(2)17)7-13(16)14(18)19/h3,5-6,11,13H,7-8H2,1-2H3,(H,15,17)(H,18,19)/t11-,13+/m1/s1. The van der Waals surface area contributed by atoms with E-state index in [1.165, 1.54) is 25.1 Å². The molecule has 0 aromatic heterocycles. The van der Waals surface area contributed by atoms with Gasteiger partial charge in [0.2, 0.25) is 15.9 Å². The zero-order valence-electron chi connectivity index (χ0n) is 12.2. The SMILES string of the molecule is CC(=O)N[C@@H]1C[C@@H](C(=O)O)N(S(=O)(=O)c2cc[c]c(C)c2)C1. The molecule has 1 aliphatic rings. The number of aliphatic carboxylic acids is 1. The lowest BCUT2D eigenvalue weighted by Gasteiger charge is -2.21. The van der Waals surface area contributed by atoms with E-state index in [1.807, 2.05) is 0 Å². The van der Waals surface area contributed by atoms with Gasteiger partial charge in [0.15, 0.2) is 0 Å². The summed E-state index contributed by atoms with van der Waals surface area (Å²) < 4.78 is 26.3. The highest BCUT2D eigenvalue weighted by Crippen LogP contribution is 2.27. The number of sulfonamides is 1. The van der Waals surface area contributed by atoms with Gasteiger partial charge < -0.3 is 10.4 Å². The predicted octanol–water partition coefficient (Wildman–Crippen LogP) is 0.148. The summed E-state index contributed by atoms with van der Waals surface area (Å²) in [5.41, 5.74) is 0.644. The minimum atomic E-state index is -3.94. The van der Waals surface area contributed by atoms with Crippen molar-refractivity contribution >= 4 is 21.9 Å². The molecule has 1 amide bonds. The van der Waals surface area contributed by atoms with E-state index < -0.39 is 28.1 Å². The number of carbonyl (C=O) groups is 2. The molecule has 1 aliphatic heterocycles. The van der Waals surface area contributed by atoms with Gasteiger partial charge in [0, 0.05) is 19.5 Å². The molecule has 0 spiro atoms. The number of carboxylic acid groups (broad SMARTS) is 1. The molecule has 0 aliphatic carbocycles. The Labute approximate surface area is 129 Å². The van der Waals surface area contributed by atoms with Crippen molar-refractivity contribution in [2.45, 2.75) is 37.2 Å². The topological polar surface area (TPSA) is 104 Å². The van der Waals surface area contributed by atoms with E-state index in [0.29, 0.717) is 5.56 Å². The largest absolute Gasteiger partial charge is 0.480 e. The Bertz CT molecular complexity index is 701. The van der Waals surface area contributed by atoms with Crippen LogP contribution in [0.3, 0.4) is 0 Å². The zero-order valence-corrected chi connectivity index (χ0v) is 13.1. The number of carboxylic acids is 1. The van der Waals surface area contributed by atoms with Gasteiger partial charge >= 0.3 is 5.97 Å². The maximum Gasteiger partial charge on any atom is 0.322 e. The average molecular weight is 325 g/mol. The normalized spacial score (nSPS) is 22.5. The average Bonchev–Trinajstić information content (AvgIpc) is 2.82. The number of nitrogens with zero attached hydrogens (tertiary/aromatic N) is 1. The van der Waals surface area contributed by atoms with Crippen molar-refractivity contribution in [3.05, 3.63) is 29.8 Å². The van der Waals surface area contributed by atoms with Gasteiger partial charge in [-0.05, 0) is 37.1 Å². The highest BCUT2D eigenvalue weighted by atomic mass is 32.2. The van der Waals surface area contributed by atoms with Crippen LogP contribution < -0.4 is 5.32 Å². The molecule has 119 valence electrons. The van der Waals surface area contributed by atoms with Crippen LogP contribution in [0.4, 0.5) is 0 Å². The van der Waals surface area contributed by atoms with E-state index in [4.69, 9.17) is 0 Å². The van der Waals surface area contributed by atoms with Crippen molar-refractivity contribution in [2.75, 3.05) is 6.54 Å². The van der Waals surface area contributed by atoms with Crippen molar-refractivity contribution in [1.82, 2.24) is 9.62 Å². The first-order valence-corrected chi connectivity index (χ1v) is 8.16. The summed E-state index contributed by atoms with van der Waals surface area (Å²) in [6.07, 6.45) is 0.0477. The number of aryl methyl sites for hydroxylation is 1. The molecule has 7 nitrogen and oxygen atoms in total. The Morgan fingerprint density at radius 2 is 2.14 bits per heavy atom. The molecule has 0 bridgehead atoms. The molecule has 2 rings (SSSR count). The van der Waals surface area contributed by atoms with Crippen molar-refractivity contribution in [1.29, 1.82) is 0 Å². The van der Waals surface area contributed by atoms with Gasteiger partial charge in [0.05, 0.1) is 4.90 Å². The van der Waals surface area contributed by atoms with E-state index in [0.717, 1.165) is 4.31 Å². The van der Waals surface area contributed by atoms with Crippen LogP contribution in [0, 0.1) is 13.0 Å². The fourth-order valence-corrected chi connectivity index (χ4v) is 4.27. The summed E-state index contributed by atoms with van der Waals surface area (Å²) in [5.74, 6) is -1.55. The Morgan fingerprint density at radius 1 is 1.45 bits per heavy atom. The molecule has 2 atom stereocenters. The van der Waals surface area contributed by atoms with Crippen LogP contribution in [0.15, 0.2) is 23.1 Å². The van der Waals surface area contributed by atoms with Crippen LogP contribution in [0.1, 0.15) is 18.9 Å². The lowest BCUT2D eigenvalue weighted by molar-refractivity contribution is -0.140. The third-order valence-electron chi connectivity index (χ3n) is 3.47. The molecule has 8 heteroatoms. The fourth-order valence-electron chi connectivity index (χ4n) is 2.54. The van der Waals surface area contributed by atoms with Crippen molar-refractivity contribution in [2.24, 2.45) is 0 Å². The van der Waals surface area contributed by atoms with E-state index >= 15 is 0 Å². The molecule has 1 aromatic rings. The van der Waals surface area contributed by atoms with Gasteiger partial charge in [-0.2, -0.15) is 4.31 Å². The number of hydrogen-bond donors (Lipinski definition) is 2. The predicted molar refractivity (Wildman–Crippen MR) is 77.6 cm³/mol. The quantitative estimate of drug-likeness (QED) is 0.820. The second-order valence-electron chi connectivity index (χ2n) is 5.27. The molecule has 2 N–H and O–H groups in total. The smallest absolute Gasteiger partial charge is 0.322 e. The first kappa shape index (κ1) is 16.4. The number of amides is 1. The molecule has 1 fully saturated rings. The van der Waals surface area contributed by atoms with Gasteiger partial charge in [-0.25, -0.2) is 8.42 Å². The van der Waals surface area contributed by atoms with Crippen LogP contribution in [0.2, 0.25) is 0 Å². The van der Waals surface area contributed by atoms with E-state index in [1.54, 1.807) is 6.92 Å². The monoisotopic (exact) mass is 325 g/mol. The Balaban J connectivity index is 2.35. The maximum absolute atomic E-state index is 12.7. The second kappa shape index (κ2) is 6.05. The fraction of sp³-hybridized carbons (Fsp3) is 0.429. The lowest BCUT2D eigenvalue weighted by Crippen LogP contribution is -2.41. The number of benzene rings is 1. The number of rotatable bonds is 4. The molecule has 1 heterocycles. The van der Waals surface area contributed by atoms with Crippen LogP contribution in [0.25, 0.3) is 0 Å². The van der Waals surface area contributed by atoms with Gasteiger partial charge in [0.25, 0.3) is 0 Å². The summed E-state index contributed by atoms with van der Waals surface area (Å²) in [6.45, 7) is 2.96. The summed E-state index contributed by atoms with van der Waals surface area (Å²) >= 11 is 0. The van der Waals surface area contributed by atoms with Gasteiger partial charge in [0.1, 0.15) is 6.04 Å². The van der Waals surface area contributed by atoms with Crippen LogP contribution in [-0.2, 0) is 19.6 Å². The second-order valence-corrected chi connectivity index (χ2v) is 7.16. The number of carbonyl (C=O) groups excluding carboxylic acids is 1. The van der Waals surface area contributed by atoms with Crippen molar-refractivity contribution in [3.63, 3.8) is 0 Å². The van der Waals surface area contributed by atoms with Gasteiger partial charge in [-0.15, -0.1) is 0 Å². The Morgan fingerprint density at radius 3 is 2.68 bits per heavy atom. The Hall–Kier alpha value is -1.93. The number of nitrogens with one attached hydrogen (secondary N) is 1. The molecule has 0 saturated carbocycles. The summed E-state index contributed by atoms with van der Waals surface area (Å²) in [7, 11) is -3.94. The third-order valence-corrected chi connectivity index (χ3v) is 5.34. The van der Waals surface area contributed by atoms with Crippen LogP contribution >= 0.6 is 0 Å². The molecule has 0 unspecified atom stereocenters. The van der Waals surface area contributed by atoms with E-state index in [-0.39, 0.29) is 23.8 Å². The highest BCUT2D eigenvalue weighted by Gasteiger charge is 2.44.